The zero-order chi connectivity index (χ0) is 13.5. The molecular weight excluding hydrogens is 310 g/mol. The standard InChI is InChI=1S/C15H23BrClN/c1-4-7-18-12(3)8-11(2)9-13-5-6-14(16)10-15(13)17/h5-6,10-12,18H,4,7-9H2,1-3H3. The van der Waals surface area contributed by atoms with Crippen molar-refractivity contribution < 1.29 is 0 Å². The lowest BCUT2D eigenvalue weighted by atomic mass is 9.95. The summed E-state index contributed by atoms with van der Waals surface area (Å²) in [6.07, 6.45) is 3.42. The second kappa shape index (κ2) is 8.19. The number of benzene rings is 1. The monoisotopic (exact) mass is 331 g/mol. The predicted molar refractivity (Wildman–Crippen MR) is 84.4 cm³/mol. The highest BCUT2D eigenvalue weighted by Gasteiger charge is 2.11. The van der Waals surface area contributed by atoms with E-state index in [1.165, 1.54) is 18.4 Å². The van der Waals surface area contributed by atoms with Crippen molar-refractivity contribution in [3.8, 4) is 0 Å². The largest absolute Gasteiger partial charge is 0.314 e. The third-order valence-electron chi connectivity index (χ3n) is 3.08. The van der Waals surface area contributed by atoms with E-state index in [-0.39, 0.29) is 0 Å². The minimum atomic E-state index is 0.578. The molecule has 0 aliphatic carbocycles. The molecule has 0 aliphatic rings. The van der Waals surface area contributed by atoms with E-state index in [1.807, 2.05) is 6.07 Å². The Kier molecular flexibility index (Phi) is 7.28. The summed E-state index contributed by atoms with van der Waals surface area (Å²) in [5, 5.41) is 4.40. The van der Waals surface area contributed by atoms with E-state index in [0.717, 1.165) is 22.5 Å². The third-order valence-corrected chi connectivity index (χ3v) is 3.93. The number of hydrogen-bond acceptors (Lipinski definition) is 1. The normalized spacial score (nSPS) is 14.5. The maximum absolute atomic E-state index is 6.25. The van der Waals surface area contributed by atoms with Gasteiger partial charge in [-0.2, -0.15) is 0 Å². The SMILES string of the molecule is CCCNC(C)CC(C)Cc1ccc(Br)cc1Cl. The molecule has 0 heterocycles. The Labute approximate surface area is 124 Å². The molecule has 18 heavy (non-hydrogen) atoms. The van der Waals surface area contributed by atoms with Crippen molar-refractivity contribution in [2.75, 3.05) is 6.54 Å². The molecule has 1 N–H and O–H groups in total. The first-order chi connectivity index (χ1) is 8.52. The highest BCUT2D eigenvalue weighted by atomic mass is 79.9. The fourth-order valence-electron chi connectivity index (χ4n) is 2.22. The van der Waals surface area contributed by atoms with E-state index in [0.29, 0.717) is 12.0 Å². The minimum Gasteiger partial charge on any atom is -0.314 e. The van der Waals surface area contributed by atoms with Crippen molar-refractivity contribution in [3.63, 3.8) is 0 Å². The Morgan fingerprint density at radius 1 is 1.33 bits per heavy atom. The summed E-state index contributed by atoms with van der Waals surface area (Å²) in [4.78, 5) is 0. The van der Waals surface area contributed by atoms with Gasteiger partial charge in [0.2, 0.25) is 0 Å². The molecule has 3 heteroatoms. The van der Waals surface area contributed by atoms with Gasteiger partial charge in [-0.15, -0.1) is 0 Å². The van der Waals surface area contributed by atoms with E-state index < -0.39 is 0 Å². The Morgan fingerprint density at radius 3 is 2.67 bits per heavy atom. The van der Waals surface area contributed by atoms with Gasteiger partial charge in [-0.3, -0.25) is 0 Å². The first-order valence-corrected chi connectivity index (χ1v) is 7.87. The summed E-state index contributed by atoms with van der Waals surface area (Å²) in [6.45, 7) is 7.86. The summed E-state index contributed by atoms with van der Waals surface area (Å²) >= 11 is 9.68. The molecule has 0 saturated carbocycles. The van der Waals surface area contributed by atoms with Gasteiger partial charge in [0.25, 0.3) is 0 Å². The first-order valence-electron chi connectivity index (χ1n) is 6.70. The molecule has 1 aromatic carbocycles. The first kappa shape index (κ1) is 16.0. The topological polar surface area (TPSA) is 12.0 Å². The lowest BCUT2D eigenvalue weighted by Crippen LogP contribution is -2.28. The van der Waals surface area contributed by atoms with Gasteiger partial charge in [-0.1, -0.05) is 47.4 Å². The Bertz CT molecular complexity index is 368. The van der Waals surface area contributed by atoms with Crippen molar-refractivity contribution >= 4 is 27.5 Å². The van der Waals surface area contributed by atoms with Crippen LogP contribution in [0.5, 0.6) is 0 Å². The Morgan fingerprint density at radius 2 is 2.06 bits per heavy atom. The van der Waals surface area contributed by atoms with Crippen LogP contribution in [0.15, 0.2) is 22.7 Å². The van der Waals surface area contributed by atoms with Crippen LogP contribution in [-0.2, 0) is 6.42 Å². The molecule has 0 saturated heterocycles. The number of nitrogens with one attached hydrogen (secondary N) is 1. The van der Waals surface area contributed by atoms with Gasteiger partial charge in [0.1, 0.15) is 0 Å². The summed E-state index contributed by atoms with van der Waals surface area (Å²) in [6, 6.07) is 6.73. The zero-order valence-corrected chi connectivity index (χ0v) is 13.8. The predicted octanol–water partition coefficient (Wildman–Crippen LogP) is 5.06. The van der Waals surface area contributed by atoms with Crippen LogP contribution in [0.2, 0.25) is 5.02 Å². The number of hydrogen-bond donors (Lipinski definition) is 1. The molecule has 102 valence electrons. The summed E-state index contributed by atoms with van der Waals surface area (Å²) in [7, 11) is 0. The number of halogens is 2. The molecule has 0 radical (unpaired) electrons. The molecule has 0 aliphatic heterocycles. The summed E-state index contributed by atoms with van der Waals surface area (Å²) < 4.78 is 1.04. The van der Waals surface area contributed by atoms with Crippen LogP contribution in [0.4, 0.5) is 0 Å². The van der Waals surface area contributed by atoms with Crippen LogP contribution >= 0.6 is 27.5 Å². The van der Waals surface area contributed by atoms with Gasteiger partial charge in [0.05, 0.1) is 0 Å². The minimum absolute atomic E-state index is 0.578. The van der Waals surface area contributed by atoms with Crippen molar-refractivity contribution in [1.29, 1.82) is 0 Å². The fraction of sp³-hybridized carbons (Fsp3) is 0.600. The maximum Gasteiger partial charge on any atom is 0.0449 e. The van der Waals surface area contributed by atoms with E-state index >= 15 is 0 Å². The van der Waals surface area contributed by atoms with Crippen LogP contribution in [0, 0.1) is 5.92 Å². The highest BCUT2D eigenvalue weighted by Crippen LogP contribution is 2.24. The van der Waals surface area contributed by atoms with Crippen LogP contribution < -0.4 is 5.32 Å². The van der Waals surface area contributed by atoms with Gasteiger partial charge in [0.15, 0.2) is 0 Å². The average Bonchev–Trinajstić information content (AvgIpc) is 2.30. The quantitative estimate of drug-likeness (QED) is 0.736. The molecule has 1 nitrogen and oxygen atoms in total. The van der Waals surface area contributed by atoms with Crippen LogP contribution in [0.25, 0.3) is 0 Å². The second-order valence-corrected chi connectivity index (χ2v) is 6.46. The van der Waals surface area contributed by atoms with Crippen LogP contribution in [0.1, 0.15) is 39.2 Å². The van der Waals surface area contributed by atoms with Crippen LogP contribution in [-0.4, -0.2) is 12.6 Å². The summed E-state index contributed by atoms with van der Waals surface area (Å²) in [5.74, 6) is 0.642. The second-order valence-electron chi connectivity index (χ2n) is 5.14. The Balaban J connectivity index is 2.46. The molecule has 0 amide bonds. The molecule has 0 aromatic heterocycles. The van der Waals surface area contributed by atoms with Gasteiger partial charge >= 0.3 is 0 Å². The van der Waals surface area contributed by atoms with E-state index in [1.54, 1.807) is 0 Å². The summed E-state index contributed by atoms with van der Waals surface area (Å²) in [5.41, 5.74) is 1.25. The molecule has 2 atom stereocenters. The van der Waals surface area contributed by atoms with Crippen molar-refractivity contribution in [2.45, 2.75) is 46.1 Å². The van der Waals surface area contributed by atoms with Gasteiger partial charge < -0.3 is 5.32 Å². The van der Waals surface area contributed by atoms with Gasteiger partial charge in [0, 0.05) is 15.5 Å². The average molecular weight is 333 g/mol. The fourth-order valence-corrected chi connectivity index (χ4v) is 2.97. The van der Waals surface area contributed by atoms with Crippen LogP contribution in [0.3, 0.4) is 0 Å². The number of rotatable bonds is 7. The molecular formula is C15H23BrClN. The molecule has 0 fully saturated rings. The lowest BCUT2D eigenvalue weighted by molar-refractivity contribution is 0.420. The van der Waals surface area contributed by atoms with Gasteiger partial charge in [-0.25, -0.2) is 0 Å². The third kappa shape index (κ3) is 5.73. The molecule has 1 aromatic rings. The molecule has 1 rings (SSSR count). The maximum atomic E-state index is 6.25. The lowest BCUT2D eigenvalue weighted by Gasteiger charge is -2.19. The zero-order valence-electron chi connectivity index (χ0n) is 11.5. The van der Waals surface area contributed by atoms with Crippen molar-refractivity contribution in [3.05, 3.63) is 33.3 Å². The molecule has 0 spiro atoms. The van der Waals surface area contributed by atoms with Crippen molar-refractivity contribution in [1.82, 2.24) is 5.32 Å². The van der Waals surface area contributed by atoms with Gasteiger partial charge in [-0.05, 0) is 56.3 Å². The van der Waals surface area contributed by atoms with E-state index in [2.05, 4.69) is 54.2 Å². The van der Waals surface area contributed by atoms with Crippen molar-refractivity contribution in [2.24, 2.45) is 5.92 Å². The Hall–Kier alpha value is -0.0500. The molecule has 2 unspecified atom stereocenters. The van der Waals surface area contributed by atoms with E-state index in [4.69, 9.17) is 11.6 Å². The smallest absolute Gasteiger partial charge is 0.0449 e. The highest BCUT2D eigenvalue weighted by molar-refractivity contribution is 9.10. The molecule has 0 bridgehead atoms. The van der Waals surface area contributed by atoms with E-state index in [9.17, 15) is 0 Å².